The minimum absolute atomic E-state index is 0.132. The zero-order valence-electron chi connectivity index (χ0n) is 13.7. The molecule has 2 N–H and O–H groups in total. The second kappa shape index (κ2) is 6.43. The Labute approximate surface area is 139 Å². The summed E-state index contributed by atoms with van der Waals surface area (Å²) >= 11 is 0. The topological polar surface area (TPSA) is 89.9 Å². The smallest absolute Gasteiger partial charge is 0.407 e. The first-order valence-corrected chi connectivity index (χ1v) is 7.80. The molecule has 0 saturated heterocycles. The number of hydrogen-bond acceptors (Lipinski definition) is 6. The standard InChI is InChI=1S/C17H20N2O5/c1-3-23-16(21)19-17(5-6-17)10-24-15-9-12-11(8-14(15)22-2)13(20)4-7-18-12/h4,7-9H,3,5-6,10H2,1-2H3,(H,18,20)(H,19,21). The molecule has 1 amide bonds. The highest BCUT2D eigenvalue weighted by molar-refractivity contribution is 5.87. The van der Waals surface area contributed by atoms with E-state index in [9.17, 15) is 9.90 Å². The van der Waals surface area contributed by atoms with Crippen LogP contribution in [-0.2, 0) is 4.74 Å². The number of pyridine rings is 1. The van der Waals surface area contributed by atoms with E-state index in [2.05, 4.69) is 10.3 Å². The van der Waals surface area contributed by atoms with Crippen molar-refractivity contribution in [2.24, 2.45) is 0 Å². The van der Waals surface area contributed by atoms with Gasteiger partial charge in [-0.2, -0.15) is 0 Å². The average Bonchev–Trinajstić information content (AvgIpc) is 3.32. The van der Waals surface area contributed by atoms with Crippen LogP contribution in [0.2, 0.25) is 0 Å². The van der Waals surface area contributed by atoms with E-state index >= 15 is 0 Å². The summed E-state index contributed by atoms with van der Waals surface area (Å²) < 4.78 is 16.1. The number of carbonyl (C=O) groups is 1. The van der Waals surface area contributed by atoms with Gasteiger partial charge in [-0.05, 0) is 31.9 Å². The van der Waals surface area contributed by atoms with Crippen molar-refractivity contribution in [3.63, 3.8) is 0 Å². The van der Waals surface area contributed by atoms with Gasteiger partial charge in [0.15, 0.2) is 11.5 Å². The SMILES string of the molecule is CCOC(=O)NC1(COc2cc3nccc(O)c3cc2OC)CC1. The number of nitrogens with one attached hydrogen (secondary N) is 1. The number of methoxy groups -OCH3 is 1. The van der Waals surface area contributed by atoms with Crippen LogP contribution in [0, 0.1) is 0 Å². The van der Waals surface area contributed by atoms with Crippen LogP contribution in [0.1, 0.15) is 19.8 Å². The van der Waals surface area contributed by atoms with Gasteiger partial charge < -0.3 is 24.6 Å². The molecular weight excluding hydrogens is 312 g/mol. The Balaban J connectivity index is 1.76. The molecule has 1 heterocycles. The lowest BCUT2D eigenvalue weighted by atomic mass is 10.2. The zero-order chi connectivity index (χ0) is 17.2. The molecule has 0 aliphatic heterocycles. The van der Waals surface area contributed by atoms with E-state index in [-0.39, 0.29) is 5.75 Å². The van der Waals surface area contributed by atoms with Gasteiger partial charge in [0, 0.05) is 17.6 Å². The molecule has 7 heteroatoms. The van der Waals surface area contributed by atoms with Crippen LogP contribution in [0.3, 0.4) is 0 Å². The van der Waals surface area contributed by atoms with Crippen molar-refractivity contribution in [3.8, 4) is 17.2 Å². The number of alkyl carbamates (subject to hydrolysis) is 1. The third-order valence-corrected chi connectivity index (χ3v) is 4.00. The maximum absolute atomic E-state index is 11.6. The second-order valence-corrected chi connectivity index (χ2v) is 5.76. The van der Waals surface area contributed by atoms with Crippen molar-refractivity contribution < 1.29 is 24.1 Å². The van der Waals surface area contributed by atoms with E-state index in [0.717, 1.165) is 12.8 Å². The van der Waals surface area contributed by atoms with Crippen LogP contribution in [0.25, 0.3) is 10.9 Å². The maximum Gasteiger partial charge on any atom is 0.407 e. The number of rotatable bonds is 6. The third-order valence-electron chi connectivity index (χ3n) is 4.00. The Hall–Kier alpha value is -2.70. The highest BCUT2D eigenvalue weighted by atomic mass is 16.5. The zero-order valence-corrected chi connectivity index (χ0v) is 13.7. The second-order valence-electron chi connectivity index (χ2n) is 5.76. The Kier molecular flexibility index (Phi) is 4.33. The summed E-state index contributed by atoms with van der Waals surface area (Å²) in [4.78, 5) is 15.8. The quantitative estimate of drug-likeness (QED) is 0.845. The Morgan fingerprint density at radius 2 is 2.17 bits per heavy atom. The first-order chi connectivity index (χ1) is 11.6. The third kappa shape index (κ3) is 3.29. The summed E-state index contributed by atoms with van der Waals surface area (Å²) in [7, 11) is 1.53. The number of aromatic nitrogens is 1. The van der Waals surface area contributed by atoms with E-state index in [0.29, 0.717) is 35.6 Å². The summed E-state index contributed by atoms with van der Waals surface area (Å²) in [5.74, 6) is 1.14. The van der Waals surface area contributed by atoms with E-state index in [1.54, 1.807) is 19.1 Å². The van der Waals surface area contributed by atoms with E-state index in [4.69, 9.17) is 14.2 Å². The number of nitrogens with zero attached hydrogens (tertiary/aromatic N) is 1. The molecule has 1 aliphatic rings. The monoisotopic (exact) mass is 332 g/mol. The molecule has 0 atom stereocenters. The molecule has 2 aromatic rings. The number of ether oxygens (including phenoxy) is 3. The summed E-state index contributed by atoms with van der Waals surface area (Å²) in [6, 6.07) is 4.92. The fraction of sp³-hybridized carbons (Fsp3) is 0.412. The Bertz CT molecular complexity index is 758. The molecule has 0 spiro atoms. The van der Waals surface area contributed by atoms with Crippen molar-refractivity contribution in [3.05, 3.63) is 24.4 Å². The van der Waals surface area contributed by atoms with Gasteiger partial charge in [0.25, 0.3) is 0 Å². The first-order valence-electron chi connectivity index (χ1n) is 7.80. The minimum atomic E-state index is -0.435. The number of benzene rings is 1. The highest BCUT2D eigenvalue weighted by Gasteiger charge is 2.45. The number of fused-ring (bicyclic) bond motifs is 1. The molecule has 1 aromatic carbocycles. The molecule has 1 aliphatic carbocycles. The summed E-state index contributed by atoms with van der Waals surface area (Å²) in [6.07, 6.45) is 2.76. The number of amides is 1. The molecule has 128 valence electrons. The normalized spacial score (nSPS) is 14.9. The molecule has 1 aromatic heterocycles. The average molecular weight is 332 g/mol. The van der Waals surface area contributed by atoms with Gasteiger partial charge in [-0.15, -0.1) is 0 Å². The van der Waals surface area contributed by atoms with Crippen LogP contribution in [-0.4, -0.2) is 42.0 Å². The summed E-state index contributed by atoms with van der Waals surface area (Å²) in [5.41, 5.74) is 0.215. The Morgan fingerprint density at radius 3 is 2.83 bits per heavy atom. The van der Waals surface area contributed by atoms with Crippen LogP contribution in [0.5, 0.6) is 17.2 Å². The molecule has 0 radical (unpaired) electrons. The lowest BCUT2D eigenvalue weighted by molar-refractivity contribution is 0.139. The van der Waals surface area contributed by atoms with Gasteiger partial charge in [-0.3, -0.25) is 4.98 Å². The van der Waals surface area contributed by atoms with Gasteiger partial charge in [0.05, 0.1) is 24.8 Å². The van der Waals surface area contributed by atoms with Crippen LogP contribution >= 0.6 is 0 Å². The molecule has 0 unspecified atom stereocenters. The minimum Gasteiger partial charge on any atom is -0.507 e. The maximum atomic E-state index is 11.6. The molecule has 24 heavy (non-hydrogen) atoms. The summed E-state index contributed by atoms with van der Waals surface area (Å²) in [6.45, 7) is 2.40. The summed E-state index contributed by atoms with van der Waals surface area (Å²) in [5, 5.41) is 13.3. The van der Waals surface area contributed by atoms with E-state index in [1.807, 2.05) is 0 Å². The van der Waals surface area contributed by atoms with E-state index < -0.39 is 11.6 Å². The van der Waals surface area contributed by atoms with Crippen molar-refractivity contribution in [1.29, 1.82) is 0 Å². The van der Waals surface area contributed by atoms with Crippen LogP contribution in [0.4, 0.5) is 4.79 Å². The molecular formula is C17H20N2O5. The van der Waals surface area contributed by atoms with Gasteiger partial charge in [0.1, 0.15) is 12.4 Å². The predicted molar refractivity (Wildman–Crippen MR) is 87.6 cm³/mol. The lowest BCUT2D eigenvalue weighted by Gasteiger charge is -2.19. The largest absolute Gasteiger partial charge is 0.507 e. The fourth-order valence-corrected chi connectivity index (χ4v) is 2.47. The van der Waals surface area contributed by atoms with Crippen molar-refractivity contribution >= 4 is 17.0 Å². The first kappa shape index (κ1) is 16.2. The van der Waals surface area contributed by atoms with Crippen molar-refractivity contribution in [2.75, 3.05) is 20.3 Å². The number of hydrogen-bond donors (Lipinski definition) is 2. The van der Waals surface area contributed by atoms with Crippen molar-refractivity contribution in [1.82, 2.24) is 10.3 Å². The highest BCUT2D eigenvalue weighted by Crippen LogP contribution is 2.39. The molecule has 0 bridgehead atoms. The number of aromatic hydroxyl groups is 1. The van der Waals surface area contributed by atoms with Gasteiger partial charge >= 0.3 is 6.09 Å². The fourth-order valence-electron chi connectivity index (χ4n) is 2.47. The van der Waals surface area contributed by atoms with Crippen molar-refractivity contribution in [2.45, 2.75) is 25.3 Å². The molecule has 1 fully saturated rings. The van der Waals surface area contributed by atoms with Gasteiger partial charge in [0.2, 0.25) is 0 Å². The van der Waals surface area contributed by atoms with Crippen LogP contribution < -0.4 is 14.8 Å². The van der Waals surface area contributed by atoms with Crippen LogP contribution in [0.15, 0.2) is 24.4 Å². The van der Waals surface area contributed by atoms with Gasteiger partial charge in [-0.25, -0.2) is 4.79 Å². The molecule has 1 saturated carbocycles. The molecule has 7 nitrogen and oxygen atoms in total. The van der Waals surface area contributed by atoms with E-state index in [1.165, 1.54) is 19.4 Å². The molecule has 3 rings (SSSR count). The Morgan fingerprint density at radius 1 is 1.38 bits per heavy atom. The van der Waals surface area contributed by atoms with Gasteiger partial charge in [-0.1, -0.05) is 0 Å². The lowest BCUT2D eigenvalue weighted by Crippen LogP contribution is -2.41. The predicted octanol–water partition coefficient (Wildman–Crippen LogP) is 2.61. The number of carbonyl (C=O) groups excluding carboxylic acids is 1.